The number of nitrogens with zero attached hydrogens (tertiary/aromatic N) is 3. The van der Waals surface area contributed by atoms with Crippen molar-refractivity contribution in [2.24, 2.45) is 0 Å². The van der Waals surface area contributed by atoms with Crippen LogP contribution in [0.3, 0.4) is 0 Å². The third kappa shape index (κ3) is 7.06. The minimum absolute atomic E-state index is 0.0762. The molecule has 0 atom stereocenters. The lowest BCUT2D eigenvalue weighted by Gasteiger charge is -2.26. The second kappa shape index (κ2) is 13.7. The Morgan fingerprint density at radius 3 is 2.52 bits per heavy atom. The summed E-state index contributed by atoms with van der Waals surface area (Å²) in [4.78, 5) is 23.2. The summed E-state index contributed by atoms with van der Waals surface area (Å²) >= 11 is 0. The third-order valence-corrected chi connectivity index (χ3v) is 7.09. The van der Waals surface area contributed by atoms with Gasteiger partial charge in [0.25, 0.3) is 0 Å². The van der Waals surface area contributed by atoms with Gasteiger partial charge in [0.2, 0.25) is 11.6 Å². The van der Waals surface area contributed by atoms with Gasteiger partial charge in [-0.1, -0.05) is 12.1 Å². The zero-order valence-electron chi connectivity index (χ0n) is 23.8. The van der Waals surface area contributed by atoms with Gasteiger partial charge in [-0.2, -0.15) is 0 Å². The normalized spacial score (nSPS) is 14.7. The number of halogens is 2. The highest BCUT2D eigenvalue weighted by Crippen LogP contribution is 2.48. The smallest absolute Gasteiger partial charge is 0.319 e. The number of urea groups is 1. The number of morpholine rings is 1. The van der Waals surface area contributed by atoms with Crippen molar-refractivity contribution < 1.29 is 37.3 Å². The van der Waals surface area contributed by atoms with Crippen LogP contribution >= 0.6 is 0 Å². The maximum Gasteiger partial charge on any atom is 0.319 e. The molecule has 2 amide bonds. The van der Waals surface area contributed by atoms with E-state index >= 15 is 4.39 Å². The van der Waals surface area contributed by atoms with E-state index in [4.69, 9.17) is 23.7 Å². The van der Waals surface area contributed by atoms with E-state index in [1.54, 1.807) is 18.2 Å². The summed E-state index contributed by atoms with van der Waals surface area (Å²) in [6, 6.07) is 10.9. The third-order valence-electron chi connectivity index (χ3n) is 7.09. The topological polar surface area (TPSA) is 116 Å². The summed E-state index contributed by atoms with van der Waals surface area (Å²) in [5, 5.41) is 5.63. The summed E-state index contributed by atoms with van der Waals surface area (Å²) in [5.41, 5.74) is 1.41. The minimum atomic E-state index is -0.723. The van der Waals surface area contributed by atoms with Crippen LogP contribution in [-0.2, 0) is 11.3 Å². The van der Waals surface area contributed by atoms with E-state index < -0.39 is 11.8 Å². The Labute approximate surface area is 252 Å². The number of rotatable bonds is 10. The average Bonchev–Trinajstić information content (AvgIpc) is 3.04. The number of carbonyl (C=O) groups is 1. The molecule has 230 valence electrons. The maximum atomic E-state index is 15.1. The van der Waals surface area contributed by atoms with Crippen LogP contribution in [0.25, 0.3) is 10.9 Å². The van der Waals surface area contributed by atoms with Gasteiger partial charge in [0.15, 0.2) is 23.1 Å². The summed E-state index contributed by atoms with van der Waals surface area (Å²) < 4.78 is 57.5. The van der Waals surface area contributed by atoms with Crippen molar-refractivity contribution in [3.8, 4) is 28.9 Å². The van der Waals surface area contributed by atoms with Crippen molar-refractivity contribution in [2.75, 3.05) is 58.0 Å². The molecule has 3 heterocycles. The molecule has 3 aromatic carbocycles. The molecule has 1 aromatic heterocycles. The molecule has 0 saturated carbocycles. The quantitative estimate of drug-likeness (QED) is 0.243. The van der Waals surface area contributed by atoms with Gasteiger partial charge in [0.05, 0.1) is 25.3 Å². The lowest BCUT2D eigenvalue weighted by atomic mass is 10.1. The van der Waals surface area contributed by atoms with Crippen LogP contribution in [0.1, 0.15) is 12.0 Å². The standard InChI is InChI=1S/C31H31F2N5O6/c32-21-4-2-20(3-5-21)18-34-31(39)37-22-6-7-25(23(33)16-22)44-30-27-24(35-19-36-30)17-26(28-29(27)43-15-14-42-28)41-11-1-8-38-9-12-40-13-10-38/h2-7,16-17,19H,1,8-15,18H2,(H2,34,37,39). The Balaban J connectivity index is 1.14. The van der Waals surface area contributed by atoms with Gasteiger partial charge < -0.3 is 34.3 Å². The number of hydrogen-bond donors (Lipinski definition) is 2. The molecule has 11 nitrogen and oxygen atoms in total. The zero-order chi connectivity index (χ0) is 30.3. The van der Waals surface area contributed by atoms with Crippen LogP contribution in [0, 0.1) is 11.6 Å². The van der Waals surface area contributed by atoms with E-state index in [2.05, 4.69) is 25.5 Å². The van der Waals surface area contributed by atoms with E-state index in [9.17, 15) is 9.18 Å². The predicted octanol–water partition coefficient (Wildman–Crippen LogP) is 4.89. The molecule has 0 aliphatic carbocycles. The molecular formula is C31H31F2N5O6. The van der Waals surface area contributed by atoms with Crippen LogP contribution in [0.5, 0.6) is 28.9 Å². The molecule has 1 fully saturated rings. The molecule has 0 radical (unpaired) electrons. The number of hydrogen-bond acceptors (Lipinski definition) is 9. The average molecular weight is 608 g/mol. The Kier molecular flexibility index (Phi) is 9.13. The van der Waals surface area contributed by atoms with Crippen LogP contribution < -0.4 is 29.6 Å². The number of nitrogens with one attached hydrogen (secondary N) is 2. The fraction of sp³-hybridized carbons (Fsp3) is 0.323. The lowest BCUT2D eigenvalue weighted by molar-refractivity contribution is 0.0357. The second-order valence-corrected chi connectivity index (χ2v) is 10.1. The monoisotopic (exact) mass is 607 g/mol. The number of fused-ring (bicyclic) bond motifs is 3. The molecule has 4 aromatic rings. The van der Waals surface area contributed by atoms with Crippen LogP contribution in [0.4, 0.5) is 19.3 Å². The molecule has 1 saturated heterocycles. The van der Waals surface area contributed by atoms with E-state index in [0.29, 0.717) is 53.5 Å². The lowest BCUT2D eigenvalue weighted by Crippen LogP contribution is -2.37. The molecule has 2 aliphatic rings. The van der Waals surface area contributed by atoms with Crippen molar-refractivity contribution >= 4 is 22.6 Å². The number of anilines is 1. The van der Waals surface area contributed by atoms with Crippen LogP contribution in [-0.4, -0.2) is 73.6 Å². The highest BCUT2D eigenvalue weighted by atomic mass is 19.1. The SMILES string of the molecule is O=C(NCc1ccc(F)cc1)Nc1ccc(Oc2ncnc3cc(OCCCN4CCOCC4)c4c(c23)OCCO4)c(F)c1. The Morgan fingerprint density at radius 2 is 1.73 bits per heavy atom. The summed E-state index contributed by atoms with van der Waals surface area (Å²) in [6.45, 7) is 5.51. The number of ether oxygens (including phenoxy) is 5. The van der Waals surface area contributed by atoms with Crippen molar-refractivity contribution in [3.05, 3.63) is 72.1 Å². The molecule has 0 unspecified atom stereocenters. The van der Waals surface area contributed by atoms with E-state index in [1.165, 1.54) is 30.6 Å². The number of aromatic nitrogens is 2. The van der Waals surface area contributed by atoms with Gasteiger partial charge in [-0.3, -0.25) is 4.90 Å². The molecule has 2 aliphatic heterocycles. The van der Waals surface area contributed by atoms with Gasteiger partial charge in [-0.05, 0) is 36.2 Å². The molecule has 44 heavy (non-hydrogen) atoms. The maximum absolute atomic E-state index is 15.1. The van der Waals surface area contributed by atoms with Gasteiger partial charge in [0.1, 0.15) is 30.7 Å². The largest absolute Gasteiger partial charge is 0.489 e. The summed E-state index contributed by atoms with van der Waals surface area (Å²) in [5.74, 6) is 0.155. The number of carbonyl (C=O) groups excluding carboxylic acids is 1. The number of amides is 2. The van der Waals surface area contributed by atoms with E-state index in [-0.39, 0.29) is 29.7 Å². The van der Waals surface area contributed by atoms with E-state index in [1.807, 2.05) is 0 Å². The van der Waals surface area contributed by atoms with Crippen molar-refractivity contribution in [3.63, 3.8) is 0 Å². The summed E-state index contributed by atoms with van der Waals surface area (Å²) in [7, 11) is 0. The second-order valence-electron chi connectivity index (χ2n) is 10.1. The molecule has 0 spiro atoms. The van der Waals surface area contributed by atoms with Gasteiger partial charge in [-0.25, -0.2) is 23.5 Å². The molecule has 0 bridgehead atoms. The first-order valence-corrected chi connectivity index (χ1v) is 14.3. The van der Waals surface area contributed by atoms with Gasteiger partial charge in [0, 0.05) is 44.0 Å². The number of benzene rings is 3. The molecular weight excluding hydrogens is 576 g/mol. The zero-order valence-corrected chi connectivity index (χ0v) is 23.8. The van der Waals surface area contributed by atoms with Crippen molar-refractivity contribution in [2.45, 2.75) is 13.0 Å². The van der Waals surface area contributed by atoms with Crippen molar-refractivity contribution in [1.82, 2.24) is 20.2 Å². The molecule has 2 N–H and O–H groups in total. The Morgan fingerprint density at radius 1 is 0.932 bits per heavy atom. The highest BCUT2D eigenvalue weighted by Gasteiger charge is 2.26. The first kappa shape index (κ1) is 29.3. The first-order valence-electron chi connectivity index (χ1n) is 14.3. The van der Waals surface area contributed by atoms with E-state index in [0.717, 1.165) is 45.3 Å². The summed E-state index contributed by atoms with van der Waals surface area (Å²) in [6.07, 6.45) is 2.14. The Bertz CT molecular complexity index is 1620. The van der Waals surface area contributed by atoms with Gasteiger partial charge in [-0.15, -0.1) is 0 Å². The first-order chi connectivity index (χ1) is 21.5. The van der Waals surface area contributed by atoms with Crippen LogP contribution in [0.15, 0.2) is 54.9 Å². The minimum Gasteiger partial charge on any atom is -0.489 e. The predicted molar refractivity (Wildman–Crippen MR) is 157 cm³/mol. The Hall–Kier alpha value is -4.75. The van der Waals surface area contributed by atoms with Crippen molar-refractivity contribution in [1.29, 1.82) is 0 Å². The molecule has 6 rings (SSSR count). The highest BCUT2D eigenvalue weighted by molar-refractivity contribution is 5.94. The fourth-order valence-electron chi connectivity index (χ4n) is 4.89. The van der Waals surface area contributed by atoms with Gasteiger partial charge >= 0.3 is 6.03 Å². The van der Waals surface area contributed by atoms with Crippen LogP contribution in [0.2, 0.25) is 0 Å². The fourth-order valence-corrected chi connectivity index (χ4v) is 4.89. The molecule has 13 heteroatoms.